The fourth-order valence-electron chi connectivity index (χ4n) is 4.75. The van der Waals surface area contributed by atoms with Gasteiger partial charge in [0.05, 0.1) is 41.2 Å². The predicted octanol–water partition coefficient (Wildman–Crippen LogP) is 4.34. The van der Waals surface area contributed by atoms with Gasteiger partial charge in [0.1, 0.15) is 22.2 Å². The van der Waals surface area contributed by atoms with Crippen molar-refractivity contribution in [2.24, 2.45) is 4.99 Å². The number of thiophene rings is 1. The highest BCUT2D eigenvalue weighted by Gasteiger charge is 2.23. The van der Waals surface area contributed by atoms with Gasteiger partial charge in [-0.2, -0.15) is 5.01 Å². The van der Waals surface area contributed by atoms with Gasteiger partial charge >= 0.3 is 5.88 Å². The SMILES string of the molecule is COc1ccc(-c2cc(-c3ccc(F)cc3F)c3c(N)c(/C([O-])=N/c4c[n+](N5CCCCC5)no4)sc3n2)cc1. The van der Waals surface area contributed by atoms with Crippen LogP contribution in [-0.4, -0.2) is 36.4 Å². The highest BCUT2D eigenvalue weighted by Crippen LogP contribution is 2.42. The Morgan fingerprint density at radius 3 is 2.60 bits per heavy atom. The molecule has 12 heteroatoms. The van der Waals surface area contributed by atoms with E-state index in [0.717, 1.165) is 55.3 Å². The minimum absolute atomic E-state index is 0.0316. The lowest BCUT2D eigenvalue weighted by molar-refractivity contribution is -0.759. The Hall–Kier alpha value is -4.58. The molecule has 9 nitrogen and oxygen atoms in total. The molecule has 1 fully saturated rings. The summed E-state index contributed by atoms with van der Waals surface area (Å²) in [5.74, 6) is -1.41. The largest absolute Gasteiger partial charge is 0.857 e. The van der Waals surface area contributed by atoms with E-state index in [0.29, 0.717) is 27.2 Å². The third-order valence-corrected chi connectivity index (χ3v) is 7.87. The van der Waals surface area contributed by atoms with Crippen molar-refractivity contribution in [2.45, 2.75) is 19.3 Å². The van der Waals surface area contributed by atoms with Gasteiger partial charge < -0.3 is 15.6 Å². The van der Waals surface area contributed by atoms with E-state index in [9.17, 15) is 9.50 Å². The summed E-state index contributed by atoms with van der Waals surface area (Å²) in [7, 11) is 1.57. The normalized spacial score (nSPS) is 14.2. The van der Waals surface area contributed by atoms with Gasteiger partial charge in [0, 0.05) is 28.5 Å². The van der Waals surface area contributed by atoms with Crippen molar-refractivity contribution >= 4 is 39.0 Å². The summed E-state index contributed by atoms with van der Waals surface area (Å²) in [4.78, 5) is 10.9. The van der Waals surface area contributed by atoms with Crippen LogP contribution in [0.15, 0.2) is 64.2 Å². The first-order chi connectivity index (χ1) is 19.4. The number of rotatable bonds is 6. The fourth-order valence-corrected chi connectivity index (χ4v) is 5.76. The summed E-state index contributed by atoms with van der Waals surface area (Å²) >= 11 is 1.04. The molecule has 0 atom stereocenters. The Kier molecular flexibility index (Phi) is 6.76. The van der Waals surface area contributed by atoms with Gasteiger partial charge in [0.15, 0.2) is 0 Å². The summed E-state index contributed by atoms with van der Waals surface area (Å²) in [6.07, 6.45) is 4.80. The minimum Gasteiger partial charge on any atom is -0.857 e. The summed E-state index contributed by atoms with van der Waals surface area (Å²) in [6.45, 7) is 1.66. The third kappa shape index (κ3) is 4.81. The molecule has 2 aromatic carbocycles. The summed E-state index contributed by atoms with van der Waals surface area (Å²) in [5, 5.41) is 19.6. The van der Waals surface area contributed by atoms with Gasteiger partial charge in [-0.1, -0.05) is 0 Å². The molecule has 3 aromatic heterocycles. The van der Waals surface area contributed by atoms with Gasteiger partial charge in [-0.15, -0.1) is 11.3 Å². The number of hydrogen-bond donors (Lipinski definition) is 1. The average molecular weight is 563 g/mol. The topological polar surface area (TPSA) is 117 Å². The molecule has 6 rings (SSSR count). The van der Waals surface area contributed by atoms with Crippen LogP contribution < -0.4 is 25.4 Å². The zero-order chi connectivity index (χ0) is 27.8. The Bertz CT molecular complexity index is 1730. The van der Waals surface area contributed by atoms with E-state index >= 15 is 4.39 Å². The van der Waals surface area contributed by atoms with Gasteiger partial charge in [-0.25, -0.2) is 18.8 Å². The second-order valence-electron chi connectivity index (χ2n) is 9.32. The van der Waals surface area contributed by atoms with Crippen molar-refractivity contribution in [3.05, 3.63) is 71.2 Å². The van der Waals surface area contributed by atoms with Crippen molar-refractivity contribution in [1.29, 1.82) is 0 Å². The molecule has 1 aliphatic heterocycles. The molecule has 0 saturated carbocycles. The van der Waals surface area contributed by atoms with E-state index in [2.05, 4.69) is 10.3 Å². The molecular weight excluding hydrogens is 538 g/mol. The smallest absolute Gasteiger partial charge is 0.324 e. The number of nitrogens with zero attached hydrogens (tertiary/aromatic N) is 5. The van der Waals surface area contributed by atoms with Crippen LogP contribution in [0.3, 0.4) is 0 Å². The quantitative estimate of drug-likeness (QED) is 0.186. The van der Waals surface area contributed by atoms with Crippen molar-refractivity contribution < 1.29 is 27.9 Å². The molecular formula is C28H24F2N6O3S. The number of aliphatic imine (C=N–C) groups is 1. The number of piperidine rings is 1. The van der Waals surface area contributed by atoms with Gasteiger partial charge in [-0.05, 0) is 67.3 Å². The number of fused-ring (bicyclic) bond motifs is 1. The minimum atomic E-state index is -0.764. The Balaban J connectivity index is 1.46. The molecule has 0 unspecified atom stereocenters. The van der Waals surface area contributed by atoms with Crippen LogP contribution in [0, 0.1) is 11.6 Å². The zero-order valence-corrected chi connectivity index (χ0v) is 22.3. The Morgan fingerprint density at radius 1 is 1.10 bits per heavy atom. The van der Waals surface area contributed by atoms with Crippen LogP contribution in [0.25, 0.3) is 32.6 Å². The third-order valence-electron chi connectivity index (χ3n) is 6.78. The van der Waals surface area contributed by atoms with Gasteiger partial charge in [0.25, 0.3) is 6.20 Å². The number of methoxy groups -OCH3 is 1. The molecule has 0 amide bonds. The fraction of sp³-hybridized carbons (Fsp3) is 0.214. The van der Waals surface area contributed by atoms with Crippen molar-refractivity contribution in [1.82, 2.24) is 10.3 Å². The molecule has 204 valence electrons. The number of anilines is 1. The van der Waals surface area contributed by atoms with Crippen molar-refractivity contribution in [3.63, 3.8) is 0 Å². The first-order valence-corrected chi connectivity index (χ1v) is 13.5. The van der Waals surface area contributed by atoms with Crippen LogP contribution in [0.1, 0.15) is 24.1 Å². The number of nitrogen functional groups attached to an aromatic ring is 1. The number of aromatic nitrogens is 3. The summed E-state index contributed by atoms with van der Waals surface area (Å²) < 4.78 is 39.3. The van der Waals surface area contributed by atoms with E-state index in [-0.39, 0.29) is 22.0 Å². The lowest BCUT2D eigenvalue weighted by atomic mass is 9.99. The maximum absolute atomic E-state index is 15.0. The lowest BCUT2D eigenvalue weighted by Gasteiger charge is -2.17. The van der Waals surface area contributed by atoms with Crippen molar-refractivity contribution in [3.8, 4) is 28.1 Å². The molecule has 2 N–H and O–H groups in total. The molecule has 40 heavy (non-hydrogen) atoms. The molecule has 0 bridgehead atoms. The van der Waals surface area contributed by atoms with Crippen LogP contribution in [0.5, 0.6) is 5.75 Å². The highest BCUT2D eigenvalue weighted by atomic mass is 32.1. The first kappa shape index (κ1) is 25.7. The number of benzene rings is 2. The first-order valence-electron chi connectivity index (χ1n) is 12.6. The van der Waals surface area contributed by atoms with Crippen molar-refractivity contribution in [2.75, 3.05) is 30.9 Å². The molecule has 0 spiro atoms. The molecule has 1 saturated heterocycles. The molecule has 0 aliphatic carbocycles. The second kappa shape index (κ2) is 10.5. The van der Waals surface area contributed by atoms with E-state index in [1.807, 2.05) is 17.1 Å². The van der Waals surface area contributed by atoms with E-state index < -0.39 is 17.5 Å². The summed E-state index contributed by atoms with van der Waals surface area (Å²) in [6, 6.07) is 12.2. The zero-order valence-electron chi connectivity index (χ0n) is 21.4. The Morgan fingerprint density at radius 2 is 1.88 bits per heavy atom. The predicted molar refractivity (Wildman–Crippen MR) is 146 cm³/mol. The van der Waals surface area contributed by atoms with Gasteiger partial charge in [0.2, 0.25) is 5.27 Å². The number of pyridine rings is 1. The number of ether oxygens (including phenoxy) is 1. The monoisotopic (exact) mass is 562 g/mol. The maximum atomic E-state index is 15.0. The Labute approximate surface area is 231 Å². The lowest BCUT2D eigenvalue weighted by Crippen LogP contribution is -2.60. The van der Waals surface area contributed by atoms with Gasteiger partial charge in [-0.3, -0.25) is 4.52 Å². The second-order valence-corrected chi connectivity index (χ2v) is 10.3. The van der Waals surface area contributed by atoms with Crippen LogP contribution >= 0.6 is 11.3 Å². The van der Waals surface area contributed by atoms with Crippen LogP contribution in [0.4, 0.5) is 20.4 Å². The van der Waals surface area contributed by atoms with E-state index in [1.54, 1.807) is 36.3 Å². The number of halogens is 2. The maximum Gasteiger partial charge on any atom is 0.324 e. The molecule has 0 radical (unpaired) electrons. The number of nitrogens with two attached hydrogens (primary N) is 1. The standard InChI is InChI=1S/C28H24F2N6O3S/c1-38-18-8-5-16(6-9-18)22-14-20(19-10-7-17(29)13-21(19)30)24-25(31)26(40-28(24)32-22)27(37)33-23-15-36(34-39-23)35-11-3-2-4-12-35/h5-10,13-15H,2-4,11-12H2,1H3,(H2-,31,33,34,37). The average Bonchev–Trinajstić information content (AvgIpc) is 3.57. The van der Waals surface area contributed by atoms with Crippen LogP contribution in [-0.2, 0) is 0 Å². The molecule has 4 heterocycles. The summed E-state index contributed by atoms with van der Waals surface area (Å²) in [5.41, 5.74) is 8.34. The molecule has 1 aliphatic rings. The van der Waals surface area contributed by atoms with Crippen LogP contribution in [0.2, 0.25) is 0 Å². The van der Waals surface area contributed by atoms with E-state index in [4.69, 9.17) is 20.0 Å². The molecule has 5 aromatic rings. The van der Waals surface area contributed by atoms with E-state index in [1.165, 1.54) is 12.1 Å². The highest BCUT2D eigenvalue weighted by molar-refractivity contribution is 7.21. The number of hydrogen-bond acceptors (Lipinski definition) is 9.